The van der Waals surface area contributed by atoms with Crippen molar-refractivity contribution < 1.29 is 22.7 Å². The Morgan fingerprint density at radius 2 is 1.70 bits per heavy atom. The number of fused-ring (bicyclic) bond motifs is 1. The van der Waals surface area contributed by atoms with Crippen molar-refractivity contribution in [1.29, 1.82) is 5.26 Å². The molecule has 2 aliphatic heterocycles. The number of carbonyl (C=O) groups is 2. The number of carbonyl (C=O) groups excluding carboxylic acids is 2. The van der Waals surface area contributed by atoms with Gasteiger partial charge in [0.1, 0.15) is 6.07 Å². The van der Waals surface area contributed by atoms with E-state index in [0.29, 0.717) is 12.0 Å². The van der Waals surface area contributed by atoms with Crippen LogP contribution < -0.4 is 0 Å². The van der Waals surface area contributed by atoms with Crippen LogP contribution in [0.25, 0.3) is 0 Å². The number of hydrogen-bond donors (Lipinski definition) is 0. The molecule has 1 amide bonds. The average molecular weight is 425 g/mol. The first kappa shape index (κ1) is 20.1. The van der Waals surface area contributed by atoms with Gasteiger partial charge in [-0.1, -0.05) is 30.3 Å². The summed E-state index contributed by atoms with van der Waals surface area (Å²) in [5, 5.41) is 9.20. The topological polar surface area (TPSA) is 108 Å². The number of amides is 1. The second-order valence-electron chi connectivity index (χ2n) is 7.09. The van der Waals surface area contributed by atoms with Crippen LogP contribution in [0.15, 0.2) is 53.4 Å². The molecule has 0 spiro atoms. The minimum atomic E-state index is -3.84. The zero-order chi connectivity index (χ0) is 21.3. The van der Waals surface area contributed by atoms with Gasteiger partial charge in [0.05, 0.1) is 16.0 Å². The molecule has 0 aromatic heterocycles. The summed E-state index contributed by atoms with van der Waals surface area (Å²) in [6, 6.07) is 15.0. The summed E-state index contributed by atoms with van der Waals surface area (Å²) in [6.45, 7) is 0.571. The van der Waals surface area contributed by atoms with E-state index in [1.54, 1.807) is 30.3 Å². The number of benzene rings is 2. The summed E-state index contributed by atoms with van der Waals surface area (Å²) in [5.74, 6) is -0.850. The Kier molecular flexibility index (Phi) is 5.28. The number of sulfonamides is 1. The van der Waals surface area contributed by atoms with E-state index in [2.05, 4.69) is 0 Å². The van der Waals surface area contributed by atoms with Crippen molar-refractivity contribution in [3.63, 3.8) is 0 Å². The minimum Gasteiger partial charge on any atom is -0.448 e. The molecule has 0 radical (unpaired) electrons. The maximum Gasteiger partial charge on any atom is 0.339 e. The van der Waals surface area contributed by atoms with E-state index in [9.17, 15) is 23.3 Å². The number of nitrogens with zero attached hydrogens (tertiary/aromatic N) is 3. The maximum atomic E-state index is 12.9. The van der Waals surface area contributed by atoms with E-state index in [-0.39, 0.29) is 42.5 Å². The molecule has 1 atom stereocenters. The van der Waals surface area contributed by atoms with Gasteiger partial charge in [-0.3, -0.25) is 4.79 Å². The lowest BCUT2D eigenvalue weighted by Crippen LogP contribution is -2.54. The second-order valence-corrected chi connectivity index (χ2v) is 9.00. The molecule has 0 bridgehead atoms. The Labute approximate surface area is 174 Å². The highest BCUT2D eigenvalue weighted by Crippen LogP contribution is 2.24. The van der Waals surface area contributed by atoms with Crippen LogP contribution in [-0.2, 0) is 26.0 Å². The van der Waals surface area contributed by atoms with Gasteiger partial charge in [0.2, 0.25) is 10.0 Å². The summed E-state index contributed by atoms with van der Waals surface area (Å²) in [4.78, 5) is 26.5. The van der Waals surface area contributed by atoms with Gasteiger partial charge >= 0.3 is 5.97 Å². The van der Waals surface area contributed by atoms with Gasteiger partial charge in [-0.2, -0.15) is 9.57 Å². The predicted octanol–water partition coefficient (Wildman–Crippen LogP) is 1.17. The molecule has 8 nitrogen and oxygen atoms in total. The van der Waals surface area contributed by atoms with Gasteiger partial charge in [-0.05, 0) is 23.8 Å². The third-order valence-corrected chi connectivity index (χ3v) is 7.30. The van der Waals surface area contributed by atoms with E-state index in [0.717, 1.165) is 5.56 Å². The van der Waals surface area contributed by atoms with Crippen molar-refractivity contribution in [2.75, 3.05) is 26.2 Å². The van der Waals surface area contributed by atoms with Crippen LogP contribution in [0.1, 0.15) is 21.5 Å². The molecule has 2 aliphatic rings. The van der Waals surface area contributed by atoms with Crippen molar-refractivity contribution in [1.82, 2.24) is 9.21 Å². The molecule has 2 heterocycles. The molecular weight excluding hydrogens is 406 g/mol. The summed E-state index contributed by atoms with van der Waals surface area (Å²) >= 11 is 0. The van der Waals surface area contributed by atoms with Gasteiger partial charge in [0.25, 0.3) is 5.91 Å². The fourth-order valence-electron chi connectivity index (χ4n) is 3.74. The molecule has 1 saturated heterocycles. The fourth-order valence-corrected chi connectivity index (χ4v) is 5.31. The standard InChI is InChI=1S/C21H19N3O5S/c22-14-16-6-2-4-8-19(16)30(27,28)24-11-9-23(10-12-24)20(25)18-13-15-5-1-3-7-17(15)21(26)29-18/h1-8,18H,9-13H2/t18-/m1/s1. The third-order valence-electron chi connectivity index (χ3n) is 5.34. The number of hydrogen-bond acceptors (Lipinski definition) is 6. The molecule has 0 aliphatic carbocycles. The number of rotatable bonds is 3. The number of cyclic esters (lactones) is 1. The van der Waals surface area contributed by atoms with Crippen LogP contribution in [0.5, 0.6) is 0 Å². The molecule has 2 aromatic carbocycles. The lowest BCUT2D eigenvalue weighted by molar-refractivity contribution is -0.142. The third kappa shape index (κ3) is 3.56. The van der Waals surface area contributed by atoms with Crippen LogP contribution in [0.4, 0.5) is 0 Å². The number of ether oxygens (including phenoxy) is 1. The second kappa shape index (κ2) is 7.89. The molecule has 9 heteroatoms. The van der Waals surface area contributed by atoms with E-state index in [1.807, 2.05) is 12.1 Å². The van der Waals surface area contributed by atoms with Gasteiger partial charge in [0.15, 0.2) is 6.10 Å². The molecule has 4 rings (SSSR count). The summed E-state index contributed by atoms with van der Waals surface area (Å²) < 4.78 is 32.5. The smallest absolute Gasteiger partial charge is 0.339 e. The van der Waals surface area contributed by atoms with Crippen molar-refractivity contribution >= 4 is 21.9 Å². The summed E-state index contributed by atoms with van der Waals surface area (Å²) in [7, 11) is -3.84. The maximum absolute atomic E-state index is 12.9. The van der Waals surface area contributed by atoms with Crippen molar-refractivity contribution in [2.45, 2.75) is 17.4 Å². The zero-order valence-corrected chi connectivity index (χ0v) is 16.8. The summed E-state index contributed by atoms with van der Waals surface area (Å²) in [6.07, 6.45) is -0.607. The molecule has 2 aromatic rings. The minimum absolute atomic E-state index is 0.0369. The molecule has 0 saturated carbocycles. The lowest BCUT2D eigenvalue weighted by Gasteiger charge is -2.36. The predicted molar refractivity (Wildman–Crippen MR) is 106 cm³/mol. The van der Waals surface area contributed by atoms with Crippen molar-refractivity contribution in [2.24, 2.45) is 0 Å². The number of esters is 1. The van der Waals surface area contributed by atoms with Crippen molar-refractivity contribution in [3.05, 3.63) is 65.2 Å². The highest BCUT2D eigenvalue weighted by atomic mass is 32.2. The first-order valence-corrected chi connectivity index (χ1v) is 10.9. The van der Waals surface area contributed by atoms with Gasteiger partial charge < -0.3 is 9.64 Å². The Morgan fingerprint density at radius 1 is 1.03 bits per heavy atom. The van der Waals surface area contributed by atoms with Crippen LogP contribution in [0.2, 0.25) is 0 Å². The van der Waals surface area contributed by atoms with Crippen molar-refractivity contribution in [3.8, 4) is 6.07 Å². The first-order valence-electron chi connectivity index (χ1n) is 9.49. The molecular formula is C21H19N3O5S. The Bertz CT molecular complexity index is 1150. The normalized spacial score (nSPS) is 19.5. The number of piperazine rings is 1. The van der Waals surface area contributed by atoms with Crippen LogP contribution in [-0.4, -0.2) is 61.8 Å². The van der Waals surface area contributed by atoms with Crippen LogP contribution in [0.3, 0.4) is 0 Å². The Balaban J connectivity index is 1.44. The lowest BCUT2D eigenvalue weighted by atomic mass is 9.98. The van der Waals surface area contributed by atoms with Crippen LogP contribution >= 0.6 is 0 Å². The Morgan fingerprint density at radius 3 is 2.43 bits per heavy atom. The highest BCUT2D eigenvalue weighted by molar-refractivity contribution is 7.89. The van der Waals surface area contributed by atoms with E-state index < -0.39 is 22.1 Å². The quantitative estimate of drug-likeness (QED) is 0.683. The SMILES string of the molecule is N#Cc1ccccc1S(=O)(=O)N1CCN(C(=O)[C@H]2Cc3ccccc3C(=O)O2)CC1. The van der Waals surface area contributed by atoms with Crippen LogP contribution in [0, 0.1) is 11.3 Å². The first-order chi connectivity index (χ1) is 14.4. The molecule has 30 heavy (non-hydrogen) atoms. The summed E-state index contributed by atoms with van der Waals surface area (Å²) in [5.41, 5.74) is 1.32. The highest BCUT2D eigenvalue weighted by Gasteiger charge is 2.37. The Hall–Kier alpha value is -3.22. The molecule has 0 unspecified atom stereocenters. The largest absolute Gasteiger partial charge is 0.448 e. The van der Waals surface area contributed by atoms with Gasteiger partial charge in [0, 0.05) is 32.6 Å². The van der Waals surface area contributed by atoms with Gasteiger partial charge in [-0.25, -0.2) is 13.2 Å². The number of nitriles is 1. The van der Waals surface area contributed by atoms with E-state index in [1.165, 1.54) is 21.3 Å². The molecule has 154 valence electrons. The van der Waals surface area contributed by atoms with E-state index >= 15 is 0 Å². The fraction of sp³-hybridized carbons (Fsp3) is 0.286. The van der Waals surface area contributed by atoms with E-state index in [4.69, 9.17) is 4.74 Å². The molecule has 0 N–H and O–H groups in total. The molecule has 1 fully saturated rings. The average Bonchev–Trinajstić information content (AvgIpc) is 2.78. The van der Waals surface area contributed by atoms with Gasteiger partial charge in [-0.15, -0.1) is 0 Å². The monoisotopic (exact) mass is 425 g/mol. The zero-order valence-electron chi connectivity index (χ0n) is 16.0.